The second-order valence-electron chi connectivity index (χ2n) is 4.38. The SMILES string of the molecule is CC1CCN(C(=O)COCC(F)(F)F)CC1N. The summed E-state index contributed by atoms with van der Waals surface area (Å²) in [6, 6.07) is -0.115. The van der Waals surface area contributed by atoms with Gasteiger partial charge < -0.3 is 15.4 Å². The molecule has 0 saturated carbocycles. The van der Waals surface area contributed by atoms with Crippen LogP contribution in [0, 0.1) is 5.92 Å². The van der Waals surface area contributed by atoms with Crippen molar-refractivity contribution in [3.8, 4) is 0 Å². The molecule has 0 aliphatic carbocycles. The highest BCUT2D eigenvalue weighted by Gasteiger charge is 2.29. The maximum atomic E-state index is 11.8. The van der Waals surface area contributed by atoms with E-state index in [1.165, 1.54) is 4.90 Å². The largest absolute Gasteiger partial charge is 0.411 e. The van der Waals surface area contributed by atoms with E-state index in [0.717, 1.165) is 6.42 Å². The summed E-state index contributed by atoms with van der Waals surface area (Å²) in [6.07, 6.45) is -3.63. The predicted octanol–water partition coefficient (Wildman–Crippen LogP) is 0.761. The zero-order valence-electron chi connectivity index (χ0n) is 9.67. The van der Waals surface area contributed by atoms with Crippen LogP contribution in [0.4, 0.5) is 13.2 Å². The molecule has 4 nitrogen and oxygen atoms in total. The molecule has 7 heteroatoms. The lowest BCUT2D eigenvalue weighted by atomic mass is 9.94. The Balaban J connectivity index is 2.29. The molecule has 2 unspecified atom stereocenters. The topological polar surface area (TPSA) is 55.6 Å². The fraction of sp³-hybridized carbons (Fsp3) is 0.900. The number of alkyl halides is 3. The van der Waals surface area contributed by atoms with Crippen molar-refractivity contribution >= 4 is 5.91 Å². The molecule has 1 aliphatic rings. The number of nitrogens with two attached hydrogens (primary N) is 1. The lowest BCUT2D eigenvalue weighted by Gasteiger charge is -2.35. The van der Waals surface area contributed by atoms with E-state index < -0.39 is 25.3 Å². The Morgan fingerprint density at radius 1 is 1.53 bits per heavy atom. The van der Waals surface area contributed by atoms with E-state index in [4.69, 9.17) is 5.73 Å². The number of ether oxygens (including phenoxy) is 1. The molecule has 17 heavy (non-hydrogen) atoms. The second-order valence-corrected chi connectivity index (χ2v) is 4.38. The Morgan fingerprint density at radius 3 is 2.71 bits per heavy atom. The Morgan fingerprint density at radius 2 is 2.18 bits per heavy atom. The van der Waals surface area contributed by atoms with E-state index in [1.807, 2.05) is 6.92 Å². The molecule has 1 aliphatic heterocycles. The molecule has 1 amide bonds. The molecular formula is C10H17F3N2O2. The summed E-state index contributed by atoms with van der Waals surface area (Å²) in [5.41, 5.74) is 5.79. The van der Waals surface area contributed by atoms with Crippen LogP contribution in [0.5, 0.6) is 0 Å². The number of carbonyl (C=O) groups is 1. The molecule has 1 saturated heterocycles. The lowest BCUT2D eigenvalue weighted by molar-refractivity contribution is -0.178. The zero-order chi connectivity index (χ0) is 13.1. The van der Waals surface area contributed by atoms with Gasteiger partial charge in [0.25, 0.3) is 0 Å². The average Bonchev–Trinajstić information content (AvgIpc) is 2.20. The minimum absolute atomic E-state index is 0.115. The molecule has 100 valence electrons. The number of halogens is 3. The van der Waals surface area contributed by atoms with Gasteiger partial charge in [0.05, 0.1) is 0 Å². The quantitative estimate of drug-likeness (QED) is 0.809. The first kappa shape index (κ1) is 14.2. The fourth-order valence-corrected chi connectivity index (χ4v) is 1.67. The molecule has 0 aromatic carbocycles. The number of hydrogen-bond acceptors (Lipinski definition) is 3. The van der Waals surface area contributed by atoms with Gasteiger partial charge in [0.1, 0.15) is 13.2 Å². The maximum Gasteiger partial charge on any atom is 0.411 e. The monoisotopic (exact) mass is 254 g/mol. The van der Waals surface area contributed by atoms with Gasteiger partial charge in [-0.15, -0.1) is 0 Å². The Kier molecular flexibility index (Phi) is 4.76. The zero-order valence-corrected chi connectivity index (χ0v) is 9.67. The third-order valence-corrected chi connectivity index (χ3v) is 2.86. The van der Waals surface area contributed by atoms with Gasteiger partial charge >= 0.3 is 6.18 Å². The smallest absolute Gasteiger partial charge is 0.362 e. The van der Waals surface area contributed by atoms with Crippen LogP contribution in [0.2, 0.25) is 0 Å². The van der Waals surface area contributed by atoms with Crippen molar-refractivity contribution in [1.29, 1.82) is 0 Å². The standard InChI is InChI=1S/C10H17F3N2O2/c1-7-2-3-15(4-8(7)14)9(16)5-17-6-10(11,12)13/h7-8H,2-6,14H2,1H3. The Labute approximate surface area is 97.9 Å². The third-order valence-electron chi connectivity index (χ3n) is 2.86. The number of carbonyl (C=O) groups excluding carboxylic acids is 1. The molecule has 1 fully saturated rings. The average molecular weight is 254 g/mol. The van der Waals surface area contributed by atoms with Crippen LogP contribution in [0.3, 0.4) is 0 Å². The lowest BCUT2D eigenvalue weighted by Crippen LogP contribution is -2.50. The molecule has 0 aromatic rings. The molecule has 1 rings (SSSR count). The number of nitrogens with zero attached hydrogens (tertiary/aromatic N) is 1. The first-order valence-electron chi connectivity index (χ1n) is 5.47. The van der Waals surface area contributed by atoms with E-state index in [0.29, 0.717) is 19.0 Å². The van der Waals surface area contributed by atoms with Crippen LogP contribution in [0.15, 0.2) is 0 Å². The van der Waals surface area contributed by atoms with E-state index >= 15 is 0 Å². The van der Waals surface area contributed by atoms with Crippen molar-refractivity contribution in [1.82, 2.24) is 4.90 Å². The van der Waals surface area contributed by atoms with Crippen LogP contribution in [-0.4, -0.2) is 49.3 Å². The second kappa shape index (κ2) is 5.68. The highest BCUT2D eigenvalue weighted by Crippen LogP contribution is 2.16. The maximum absolute atomic E-state index is 11.8. The van der Waals surface area contributed by atoms with Crippen LogP contribution in [-0.2, 0) is 9.53 Å². The molecule has 1 heterocycles. The van der Waals surface area contributed by atoms with E-state index in [2.05, 4.69) is 4.74 Å². The normalized spacial score (nSPS) is 26.1. The molecule has 0 bridgehead atoms. The molecule has 2 N–H and O–H groups in total. The number of amides is 1. The number of piperidine rings is 1. The molecule has 0 aromatic heterocycles. The van der Waals surface area contributed by atoms with Crippen molar-refractivity contribution in [2.45, 2.75) is 25.6 Å². The minimum atomic E-state index is -4.40. The van der Waals surface area contributed by atoms with Gasteiger partial charge in [-0.2, -0.15) is 13.2 Å². The third kappa shape index (κ3) is 4.91. The minimum Gasteiger partial charge on any atom is -0.362 e. The van der Waals surface area contributed by atoms with Gasteiger partial charge in [-0.3, -0.25) is 4.79 Å². The summed E-state index contributed by atoms with van der Waals surface area (Å²) in [5, 5.41) is 0. The Hall–Kier alpha value is -0.820. The van der Waals surface area contributed by atoms with Crippen molar-refractivity contribution in [2.24, 2.45) is 11.7 Å². The van der Waals surface area contributed by atoms with Crippen molar-refractivity contribution in [2.75, 3.05) is 26.3 Å². The van der Waals surface area contributed by atoms with Gasteiger partial charge in [0, 0.05) is 19.1 Å². The molecule has 0 radical (unpaired) electrons. The van der Waals surface area contributed by atoms with E-state index in [1.54, 1.807) is 0 Å². The van der Waals surface area contributed by atoms with E-state index in [-0.39, 0.29) is 6.04 Å². The highest BCUT2D eigenvalue weighted by molar-refractivity contribution is 5.77. The summed E-state index contributed by atoms with van der Waals surface area (Å²) >= 11 is 0. The summed E-state index contributed by atoms with van der Waals surface area (Å²) < 4.78 is 39.7. The van der Waals surface area contributed by atoms with Gasteiger partial charge in [-0.25, -0.2) is 0 Å². The summed E-state index contributed by atoms with van der Waals surface area (Å²) in [7, 11) is 0. The molecule has 0 spiro atoms. The number of rotatable bonds is 3. The predicted molar refractivity (Wildman–Crippen MR) is 55.2 cm³/mol. The van der Waals surface area contributed by atoms with E-state index in [9.17, 15) is 18.0 Å². The van der Waals surface area contributed by atoms with Gasteiger partial charge in [-0.1, -0.05) is 6.92 Å². The first-order valence-corrected chi connectivity index (χ1v) is 5.47. The molecular weight excluding hydrogens is 237 g/mol. The van der Waals surface area contributed by atoms with Gasteiger partial charge in [0.15, 0.2) is 0 Å². The van der Waals surface area contributed by atoms with Crippen molar-refractivity contribution in [3.05, 3.63) is 0 Å². The number of hydrogen-bond donors (Lipinski definition) is 1. The summed E-state index contributed by atoms with van der Waals surface area (Å²) in [6.45, 7) is 0.973. The fourth-order valence-electron chi connectivity index (χ4n) is 1.67. The number of likely N-dealkylation sites (tertiary alicyclic amines) is 1. The van der Waals surface area contributed by atoms with Crippen molar-refractivity contribution < 1.29 is 22.7 Å². The van der Waals surface area contributed by atoms with Gasteiger partial charge in [-0.05, 0) is 12.3 Å². The molecule has 2 atom stereocenters. The van der Waals surface area contributed by atoms with Crippen molar-refractivity contribution in [3.63, 3.8) is 0 Å². The van der Waals surface area contributed by atoms with Crippen LogP contribution >= 0.6 is 0 Å². The summed E-state index contributed by atoms with van der Waals surface area (Å²) in [4.78, 5) is 13.0. The van der Waals surface area contributed by atoms with Crippen LogP contribution in [0.25, 0.3) is 0 Å². The van der Waals surface area contributed by atoms with Crippen LogP contribution < -0.4 is 5.73 Å². The van der Waals surface area contributed by atoms with Crippen LogP contribution in [0.1, 0.15) is 13.3 Å². The highest BCUT2D eigenvalue weighted by atomic mass is 19.4. The Bertz CT molecular complexity index is 271. The first-order chi connectivity index (χ1) is 7.79. The van der Waals surface area contributed by atoms with Gasteiger partial charge in [0.2, 0.25) is 5.91 Å². The summed E-state index contributed by atoms with van der Waals surface area (Å²) in [5.74, 6) is -0.105.